The van der Waals surface area contributed by atoms with Crippen molar-refractivity contribution in [2.24, 2.45) is 5.92 Å². The van der Waals surface area contributed by atoms with Gasteiger partial charge in [-0.25, -0.2) is 0 Å². The fourth-order valence-corrected chi connectivity index (χ4v) is 1.54. The average Bonchev–Trinajstić information content (AvgIpc) is 1.97. The zero-order valence-electron chi connectivity index (χ0n) is 7.86. The van der Waals surface area contributed by atoms with Crippen LogP contribution in [0.15, 0.2) is 0 Å². The van der Waals surface area contributed by atoms with Crippen molar-refractivity contribution < 1.29 is 0 Å². The lowest BCUT2D eigenvalue weighted by atomic mass is 10.1. The topological polar surface area (TPSA) is 12.0 Å². The normalized spacial score (nSPS) is 13.9. The lowest BCUT2D eigenvalue weighted by Crippen LogP contribution is -2.31. The van der Waals surface area contributed by atoms with Gasteiger partial charge < -0.3 is 5.32 Å². The largest absolute Gasteiger partial charge is 0.314 e. The summed E-state index contributed by atoms with van der Waals surface area (Å²) in [6.07, 6.45) is 2.47. The highest BCUT2D eigenvalue weighted by Gasteiger charge is 2.04. The Morgan fingerprint density at radius 1 is 1.36 bits per heavy atom. The molecule has 0 rings (SSSR count). The van der Waals surface area contributed by atoms with E-state index in [1.165, 1.54) is 12.8 Å². The van der Waals surface area contributed by atoms with E-state index >= 15 is 0 Å². The molecular formula is C9H20BrN. The lowest BCUT2D eigenvalue weighted by Gasteiger charge is -2.16. The van der Waals surface area contributed by atoms with E-state index in [-0.39, 0.29) is 0 Å². The van der Waals surface area contributed by atoms with Crippen molar-refractivity contribution in [3.63, 3.8) is 0 Å². The number of rotatable bonds is 6. The molecule has 0 aromatic carbocycles. The first-order chi connectivity index (χ1) is 5.20. The molecule has 0 bridgehead atoms. The summed E-state index contributed by atoms with van der Waals surface area (Å²) in [6.45, 7) is 7.87. The maximum Gasteiger partial charge on any atom is 0.00725 e. The number of alkyl halides is 1. The third-order valence-corrected chi connectivity index (χ3v) is 2.22. The molecule has 0 fully saturated rings. The highest BCUT2D eigenvalue weighted by molar-refractivity contribution is 9.09. The molecule has 1 unspecified atom stereocenters. The maximum absolute atomic E-state index is 3.54. The molecule has 0 aromatic heterocycles. The molecule has 0 aliphatic heterocycles. The number of hydrogen-bond donors (Lipinski definition) is 1. The van der Waals surface area contributed by atoms with Gasteiger partial charge in [-0.1, -0.05) is 36.7 Å². The highest BCUT2D eigenvalue weighted by atomic mass is 79.9. The van der Waals surface area contributed by atoms with Crippen LogP contribution >= 0.6 is 15.9 Å². The van der Waals surface area contributed by atoms with Crippen LogP contribution < -0.4 is 5.32 Å². The van der Waals surface area contributed by atoms with Gasteiger partial charge in [-0.2, -0.15) is 0 Å². The predicted octanol–water partition coefficient (Wildman–Crippen LogP) is 2.80. The molecule has 0 amide bonds. The van der Waals surface area contributed by atoms with Gasteiger partial charge in [0.2, 0.25) is 0 Å². The standard InChI is InChI=1S/C9H20BrN/c1-4-9(5-6-10)11-7-8(2)3/h8-9,11H,4-7H2,1-3H3. The van der Waals surface area contributed by atoms with Gasteiger partial charge in [-0.05, 0) is 25.3 Å². The van der Waals surface area contributed by atoms with Gasteiger partial charge in [0, 0.05) is 11.4 Å². The van der Waals surface area contributed by atoms with Crippen molar-refractivity contribution in [1.29, 1.82) is 0 Å². The average molecular weight is 222 g/mol. The zero-order chi connectivity index (χ0) is 8.69. The SMILES string of the molecule is CCC(CCBr)NCC(C)C. The maximum atomic E-state index is 3.54. The monoisotopic (exact) mass is 221 g/mol. The smallest absolute Gasteiger partial charge is 0.00725 e. The predicted molar refractivity (Wildman–Crippen MR) is 55.3 cm³/mol. The third-order valence-electron chi connectivity index (χ3n) is 1.77. The summed E-state index contributed by atoms with van der Waals surface area (Å²) in [5, 5.41) is 4.65. The van der Waals surface area contributed by atoms with E-state index in [0.717, 1.165) is 17.8 Å². The van der Waals surface area contributed by atoms with Gasteiger partial charge in [-0.15, -0.1) is 0 Å². The molecule has 1 N–H and O–H groups in total. The summed E-state index contributed by atoms with van der Waals surface area (Å²) >= 11 is 3.46. The van der Waals surface area contributed by atoms with E-state index in [0.29, 0.717) is 6.04 Å². The molecule has 0 spiro atoms. The molecular weight excluding hydrogens is 202 g/mol. The molecule has 0 aliphatic carbocycles. The first-order valence-corrected chi connectivity index (χ1v) is 5.62. The van der Waals surface area contributed by atoms with Gasteiger partial charge in [0.1, 0.15) is 0 Å². The van der Waals surface area contributed by atoms with Gasteiger partial charge in [0.05, 0.1) is 0 Å². The van der Waals surface area contributed by atoms with E-state index in [9.17, 15) is 0 Å². The molecule has 0 radical (unpaired) electrons. The molecule has 1 nitrogen and oxygen atoms in total. The minimum absolute atomic E-state index is 0.705. The van der Waals surface area contributed by atoms with Crippen LogP contribution in [0.1, 0.15) is 33.6 Å². The van der Waals surface area contributed by atoms with Crippen molar-refractivity contribution in [1.82, 2.24) is 5.32 Å². The summed E-state index contributed by atoms with van der Waals surface area (Å²) in [5.41, 5.74) is 0. The van der Waals surface area contributed by atoms with Crippen molar-refractivity contribution >= 4 is 15.9 Å². The van der Waals surface area contributed by atoms with E-state index in [2.05, 4.69) is 42.0 Å². The van der Waals surface area contributed by atoms with E-state index in [1.54, 1.807) is 0 Å². The van der Waals surface area contributed by atoms with Crippen LogP contribution in [0.25, 0.3) is 0 Å². The summed E-state index contributed by atoms with van der Waals surface area (Å²) in [5.74, 6) is 0.763. The number of nitrogens with one attached hydrogen (secondary N) is 1. The summed E-state index contributed by atoms with van der Waals surface area (Å²) in [6, 6.07) is 0.705. The Hall–Kier alpha value is 0.440. The first kappa shape index (κ1) is 11.4. The Labute approximate surface area is 79.1 Å². The summed E-state index contributed by atoms with van der Waals surface area (Å²) in [7, 11) is 0. The van der Waals surface area contributed by atoms with Crippen molar-refractivity contribution in [2.75, 3.05) is 11.9 Å². The van der Waals surface area contributed by atoms with E-state index in [4.69, 9.17) is 0 Å². The fourth-order valence-electron chi connectivity index (χ4n) is 0.985. The molecule has 2 heteroatoms. The van der Waals surface area contributed by atoms with Crippen LogP contribution in [0.5, 0.6) is 0 Å². The molecule has 0 aromatic rings. The Morgan fingerprint density at radius 3 is 2.36 bits per heavy atom. The van der Waals surface area contributed by atoms with Gasteiger partial charge in [0.25, 0.3) is 0 Å². The molecule has 0 aliphatic rings. The fraction of sp³-hybridized carbons (Fsp3) is 1.00. The quantitative estimate of drug-likeness (QED) is 0.681. The molecule has 0 heterocycles. The van der Waals surface area contributed by atoms with Crippen molar-refractivity contribution in [3.05, 3.63) is 0 Å². The second-order valence-corrected chi connectivity index (χ2v) is 4.18. The molecule has 0 saturated heterocycles. The minimum Gasteiger partial charge on any atom is -0.314 e. The number of halogens is 1. The van der Waals surface area contributed by atoms with E-state index < -0.39 is 0 Å². The van der Waals surface area contributed by atoms with Crippen LogP contribution in [0, 0.1) is 5.92 Å². The minimum atomic E-state index is 0.705. The summed E-state index contributed by atoms with van der Waals surface area (Å²) < 4.78 is 0. The van der Waals surface area contributed by atoms with Crippen LogP contribution in [-0.4, -0.2) is 17.9 Å². The third kappa shape index (κ3) is 6.82. The second-order valence-electron chi connectivity index (χ2n) is 3.38. The first-order valence-electron chi connectivity index (χ1n) is 4.50. The van der Waals surface area contributed by atoms with E-state index in [1.807, 2.05) is 0 Å². The van der Waals surface area contributed by atoms with Crippen LogP contribution in [0.4, 0.5) is 0 Å². The molecule has 68 valence electrons. The lowest BCUT2D eigenvalue weighted by molar-refractivity contribution is 0.445. The number of hydrogen-bond acceptors (Lipinski definition) is 1. The van der Waals surface area contributed by atoms with Gasteiger partial charge >= 0.3 is 0 Å². The second kappa shape index (κ2) is 7.11. The molecule has 11 heavy (non-hydrogen) atoms. The van der Waals surface area contributed by atoms with Gasteiger partial charge in [-0.3, -0.25) is 0 Å². The van der Waals surface area contributed by atoms with Crippen molar-refractivity contribution in [3.8, 4) is 0 Å². The highest BCUT2D eigenvalue weighted by Crippen LogP contribution is 2.01. The zero-order valence-corrected chi connectivity index (χ0v) is 9.45. The van der Waals surface area contributed by atoms with Crippen LogP contribution in [0.2, 0.25) is 0 Å². The Kier molecular flexibility index (Phi) is 7.39. The van der Waals surface area contributed by atoms with Crippen molar-refractivity contribution in [2.45, 2.75) is 39.7 Å². The molecule has 1 atom stereocenters. The van der Waals surface area contributed by atoms with Crippen LogP contribution in [0.3, 0.4) is 0 Å². The Morgan fingerprint density at radius 2 is 2.00 bits per heavy atom. The van der Waals surface area contributed by atoms with Crippen LogP contribution in [-0.2, 0) is 0 Å². The summed E-state index contributed by atoms with van der Waals surface area (Å²) in [4.78, 5) is 0. The Bertz CT molecular complexity index is 83.6. The van der Waals surface area contributed by atoms with Gasteiger partial charge in [0.15, 0.2) is 0 Å². The molecule has 0 saturated carbocycles. The Balaban J connectivity index is 3.35.